The van der Waals surface area contributed by atoms with Crippen molar-refractivity contribution in [3.8, 4) is 0 Å². The molecule has 0 saturated carbocycles. The topological polar surface area (TPSA) is 24.5 Å². The zero-order valence-electron chi connectivity index (χ0n) is 11.5. The van der Waals surface area contributed by atoms with E-state index in [1.54, 1.807) is 7.11 Å². The molecule has 0 aromatic heterocycles. The van der Waals surface area contributed by atoms with E-state index in [1.165, 1.54) is 11.3 Å². The lowest BCUT2D eigenvalue weighted by molar-refractivity contribution is 0.199. The molecule has 0 amide bonds. The Bertz CT molecular complexity index is 354. The number of rotatable bonds is 8. The van der Waals surface area contributed by atoms with Gasteiger partial charge in [0.2, 0.25) is 0 Å². The number of methoxy groups -OCH3 is 1. The molecule has 1 aromatic carbocycles. The van der Waals surface area contributed by atoms with Gasteiger partial charge in [0.25, 0.3) is 0 Å². The van der Waals surface area contributed by atoms with E-state index in [0.29, 0.717) is 0 Å². The van der Waals surface area contributed by atoms with Crippen LogP contribution < -0.4 is 10.2 Å². The van der Waals surface area contributed by atoms with Crippen LogP contribution in [0.25, 0.3) is 0 Å². The summed E-state index contributed by atoms with van der Waals surface area (Å²) in [6.45, 7) is 8.93. The van der Waals surface area contributed by atoms with Gasteiger partial charge in [0, 0.05) is 43.4 Å². The van der Waals surface area contributed by atoms with E-state index in [4.69, 9.17) is 4.74 Å². The van der Waals surface area contributed by atoms with Gasteiger partial charge in [-0.2, -0.15) is 0 Å². The van der Waals surface area contributed by atoms with Crippen molar-refractivity contribution in [2.45, 2.75) is 20.4 Å². The molecule has 0 bridgehead atoms. The van der Waals surface area contributed by atoms with Gasteiger partial charge in [0.15, 0.2) is 0 Å². The van der Waals surface area contributed by atoms with Crippen molar-refractivity contribution in [1.82, 2.24) is 5.32 Å². The van der Waals surface area contributed by atoms with Crippen LogP contribution in [0, 0.1) is 0 Å². The number of benzene rings is 1. The van der Waals surface area contributed by atoms with Crippen molar-refractivity contribution in [1.29, 1.82) is 0 Å². The van der Waals surface area contributed by atoms with Crippen molar-refractivity contribution < 1.29 is 4.74 Å². The fraction of sp³-hybridized carbons (Fsp3) is 0.571. The van der Waals surface area contributed by atoms with E-state index in [9.17, 15) is 0 Å². The smallest absolute Gasteiger partial charge is 0.0587 e. The third kappa shape index (κ3) is 4.59. The number of hydrogen-bond donors (Lipinski definition) is 1. The lowest BCUT2D eigenvalue weighted by Crippen LogP contribution is -2.25. The number of nitrogens with one attached hydrogen (secondary N) is 1. The van der Waals surface area contributed by atoms with E-state index < -0.39 is 0 Å². The van der Waals surface area contributed by atoms with Crippen molar-refractivity contribution in [2.24, 2.45) is 0 Å². The molecule has 0 aliphatic carbocycles. The maximum atomic E-state index is 5.04. The van der Waals surface area contributed by atoms with E-state index in [1.807, 2.05) is 0 Å². The van der Waals surface area contributed by atoms with Gasteiger partial charge >= 0.3 is 0 Å². The first-order chi connectivity index (χ1) is 8.72. The van der Waals surface area contributed by atoms with Gasteiger partial charge in [-0.15, -0.1) is 0 Å². The highest BCUT2D eigenvalue weighted by atomic mass is 79.9. The summed E-state index contributed by atoms with van der Waals surface area (Å²) in [6, 6.07) is 6.48. The molecular weight excluding hydrogens is 292 g/mol. The Balaban J connectivity index is 2.76. The van der Waals surface area contributed by atoms with Gasteiger partial charge in [0.1, 0.15) is 0 Å². The number of hydrogen-bond acceptors (Lipinski definition) is 3. The first-order valence-corrected chi connectivity index (χ1v) is 7.25. The second kappa shape index (κ2) is 8.51. The molecule has 0 saturated heterocycles. The summed E-state index contributed by atoms with van der Waals surface area (Å²) in [4.78, 5) is 2.37. The molecule has 4 heteroatoms. The normalized spacial score (nSPS) is 10.7. The second-order valence-corrected chi connectivity index (χ2v) is 5.03. The monoisotopic (exact) mass is 314 g/mol. The summed E-state index contributed by atoms with van der Waals surface area (Å²) < 4.78 is 6.17. The van der Waals surface area contributed by atoms with Crippen LogP contribution in [-0.2, 0) is 11.3 Å². The van der Waals surface area contributed by atoms with E-state index in [-0.39, 0.29) is 0 Å². The molecular formula is C14H23BrN2O. The summed E-state index contributed by atoms with van der Waals surface area (Å²) in [5.74, 6) is 0. The van der Waals surface area contributed by atoms with Crippen LogP contribution in [-0.4, -0.2) is 33.4 Å². The average molecular weight is 315 g/mol. The highest BCUT2D eigenvalue weighted by Gasteiger charge is 2.08. The fourth-order valence-electron chi connectivity index (χ4n) is 1.97. The summed E-state index contributed by atoms with van der Waals surface area (Å²) in [5.41, 5.74) is 2.64. The first-order valence-electron chi connectivity index (χ1n) is 6.45. The molecule has 0 aliphatic heterocycles. The molecule has 1 rings (SSSR count). The van der Waals surface area contributed by atoms with Crippen LogP contribution in [0.5, 0.6) is 0 Å². The number of ether oxygens (including phenoxy) is 1. The van der Waals surface area contributed by atoms with Gasteiger partial charge in [-0.05, 0) is 37.6 Å². The van der Waals surface area contributed by atoms with Gasteiger partial charge < -0.3 is 15.0 Å². The van der Waals surface area contributed by atoms with Gasteiger partial charge in [-0.1, -0.05) is 15.9 Å². The van der Waals surface area contributed by atoms with E-state index >= 15 is 0 Å². The predicted octanol–water partition coefficient (Wildman–Crippen LogP) is 3.03. The second-order valence-electron chi connectivity index (χ2n) is 4.11. The minimum absolute atomic E-state index is 0.745. The van der Waals surface area contributed by atoms with Crippen LogP contribution >= 0.6 is 15.9 Å². The Morgan fingerprint density at radius 3 is 2.61 bits per heavy atom. The molecule has 0 heterocycles. The van der Waals surface area contributed by atoms with Gasteiger partial charge in [-0.3, -0.25) is 0 Å². The fourth-order valence-corrected chi connectivity index (χ4v) is 2.37. The molecule has 102 valence electrons. The van der Waals surface area contributed by atoms with Gasteiger partial charge in [0.05, 0.1) is 6.61 Å². The molecule has 3 nitrogen and oxygen atoms in total. The molecule has 0 radical (unpaired) electrons. The predicted molar refractivity (Wildman–Crippen MR) is 81.3 cm³/mol. The van der Waals surface area contributed by atoms with Crippen molar-refractivity contribution in [3.63, 3.8) is 0 Å². The Morgan fingerprint density at radius 2 is 2.00 bits per heavy atom. The zero-order valence-corrected chi connectivity index (χ0v) is 13.1. The maximum Gasteiger partial charge on any atom is 0.0587 e. The van der Waals surface area contributed by atoms with Crippen molar-refractivity contribution in [3.05, 3.63) is 28.2 Å². The van der Waals surface area contributed by atoms with Crippen molar-refractivity contribution in [2.75, 3.05) is 38.3 Å². The largest absolute Gasteiger partial charge is 0.383 e. The Kier molecular flexibility index (Phi) is 7.32. The lowest BCUT2D eigenvalue weighted by Gasteiger charge is -2.24. The maximum absolute atomic E-state index is 5.04. The van der Waals surface area contributed by atoms with Crippen LogP contribution in [0.4, 0.5) is 5.69 Å². The quantitative estimate of drug-likeness (QED) is 0.746. The Hall–Kier alpha value is -0.580. The molecule has 1 N–H and O–H groups in total. The number of halogens is 1. The summed E-state index contributed by atoms with van der Waals surface area (Å²) in [5, 5.41) is 3.40. The van der Waals surface area contributed by atoms with Crippen LogP contribution in [0.3, 0.4) is 0 Å². The summed E-state index contributed by atoms with van der Waals surface area (Å²) in [6.07, 6.45) is 0. The third-order valence-corrected chi connectivity index (χ3v) is 3.44. The molecule has 0 spiro atoms. The van der Waals surface area contributed by atoms with E-state index in [0.717, 1.165) is 37.3 Å². The average Bonchev–Trinajstić information content (AvgIpc) is 2.38. The lowest BCUT2D eigenvalue weighted by atomic mass is 10.1. The van der Waals surface area contributed by atoms with E-state index in [2.05, 4.69) is 58.2 Å². The first kappa shape index (κ1) is 15.5. The standard InChI is InChI=1S/C14H23BrN2O/c1-4-17(5-2)14-7-6-13(15)10-12(14)11-16-8-9-18-3/h6-7,10,16H,4-5,8-9,11H2,1-3H3. The molecule has 0 aliphatic rings. The summed E-state index contributed by atoms with van der Waals surface area (Å²) >= 11 is 3.54. The number of anilines is 1. The number of nitrogens with zero attached hydrogens (tertiary/aromatic N) is 1. The third-order valence-electron chi connectivity index (χ3n) is 2.94. The Morgan fingerprint density at radius 1 is 1.28 bits per heavy atom. The van der Waals surface area contributed by atoms with Crippen LogP contribution in [0.1, 0.15) is 19.4 Å². The minimum Gasteiger partial charge on any atom is -0.383 e. The van der Waals surface area contributed by atoms with Crippen molar-refractivity contribution >= 4 is 21.6 Å². The minimum atomic E-state index is 0.745. The zero-order chi connectivity index (χ0) is 13.4. The Labute approximate surface area is 119 Å². The molecule has 0 unspecified atom stereocenters. The van der Waals surface area contributed by atoms with Crippen LogP contribution in [0.15, 0.2) is 22.7 Å². The molecule has 1 aromatic rings. The SMILES string of the molecule is CCN(CC)c1ccc(Br)cc1CNCCOC. The highest BCUT2D eigenvalue weighted by Crippen LogP contribution is 2.24. The molecule has 18 heavy (non-hydrogen) atoms. The molecule has 0 fully saturated rings. The summed E-state index contributed by atoms with van der Waals surface area (Å²) in [7, 11) is 1.72. The highest BCUT2D eigenvalue weighted by molar-refractivity contribution is 9.10. The molecule has 0 atom stereocenters. The van der Waals surface area contributed by atoms with Gasteiger partial charge in [-0.25, -0.2) is 0 Å². The van der Waals surface area contributed by atoms with Crippen LogP contribution in [0.2, 0.25) is 0 Å².